The Balaban J connectivity index is 2.50. The lowest BCUT2D eigenvalue weighted by molar-refractivity contribution is -0.146. The van der Waals surface area contributed by atoms with E-state index in [4.69, 9.17) is 5.73 Å². The second-order valence-electron chi connectivity index (χ2n) is 4.31. The van der Waals surface area contributed by atoms with Crippen LogP contribution < -0.4 is 5.73 Å². The Morgan fingerprint density at radius 2 is 2.26 bits per heavy atom. The minimum atomic E-state index is -0.366. The molecule has 0 fully saturated rings. The van der Waals surface area contributed by atoms with Gasteiger partial charge < -0.3 is 15.4 Å². The fourth-order valence-electron chi connectivity index (χ4n) is 1.56. The van der Waals surface area contributed by atoms with Crippen molar-refractivity contribution in [1.82, 2.24) is 19.9 Å². The van der Waals surface area contributed by atoms with E-state index in [9.17, 15) is 9.59 Å². The molecule has 106 valence electrons. The topological polar surface area (TPSA) is 103 Å². The number of rotatable bonds is 6. The molecule has 1 aromatic rings. The fraction of sp³-hybridized carbons (Fsp3) is 0.636. The summed E-state index contributed by atoms with van der Waals surface area (Å²) in [5.41, 5.74) is 6.03. The Hall–Kier alpha value is -1.96. The third-order valence-electron chi connectivity index (χ3n) is 2.67. The molecule has 1 rings (SSSR count). The van der Waals surface area contributed by atoms with Crippen molar-refractivity contribution in [3.8, 4) is 0 Å². The van der Waals surface area contributed by atoms with Gasteiger partial charge in [-0.05, 0) is 0 Å². The van der Waals surface area contributed by atoms with Crippen molar-refractivity contribution in [2.45, 2.75) is 20.0 Å². The first-order valence-electron chi connectivity index (χ1n) is 5.88. The predicted molar refractivity (Wildman–Crippen MR) is 66.7 cm³/mol. The minimum absolute atomic E-state index is 0.0669. The maximum absolute atomic E-state index is 11.9. The van der Waals surface area contributed by atoms with Crippen molar-refractivity contribution < 1.29 is 14.3 Å². The number of ether oxygens (including phenoxy) is 1. The van der Waals surface area contributed by atoms with Crippen LogP contribution in [0.25, 0.3) is 0 Å². The van der Waals surface area contributed by atoms with E-state index in [0.29, 0.717) is 12.2 Å². The Kier molecular flexibility index (Phi) is 5.43. The molecule has 8 heteroatoms. The highest BCUT2D eigenvalue weighted by Gasteiger charge is 2.19. The number of carbonyl (C=O) groups is 2. The third kappa shape index (κ3) is 4.32. The number of likely N-dealkylation sites (N-methyl/N-ethyl adjacent to an activating group) is 1. The summed E-state index contributed by atoms with van der Waals surface area (Å²) in [7, 11) is 2.95. The predicted octanol–water partition coefficient (Wildman–Crippen LogP) is -0.996. The van der Waals surface area contributed by atoms with Gasteiger partial charge >= 0.3 is 5.97 Å². The van der Waals surface area contributed by atoms with Crippen molar-refractivity contribution >= 4 is 11.9 Å². The average Bonchev–Trinajstić information content (AvgIpc) is 2.85. The Bertz CT molecular complexity index is 445. The van der Waals surface area contributed by atoms with Crippen LogP contribution in [0.1, 0.15) is 12.6 Å². The first kappa shape index (κ1) is 15.1. The van der Waals surface area contributed by atoms with Gasteiger partial charge in [-0.2, -0.15) is 0 Å². The summed E-state index contributed by atoms with van der Waals surface area (Å²) in [6.07, 6.45) is 1.62. The molecule has 0 spiro atoms. The fourth-order valence-corrected chi connectivity index (χ4v) is 1.56. The van der Waals surface area contributed by atoms with Crippen molar-refractivity contribution in [1.29, 1.82) is 0 Å². The van der Waals surface area contributed by atoms with Crippen molar-refractivity contribution in [2.75, 3.05) is 20.7 Å². The van der Waals surface area contributed by atoms with Crippen LogP contribution in [-0.2, 0) is 27.4 Å². The zero-order valence-corrected chi connectivity index (χ0v) is 11.4. The average molecular weight is 269 g/mol. The van der Waals surface area contributed by atoms with Gasteiger partial charge in [-0.3, -0.25) is 9.59 Å². The second-order valence-corrected chi connectivity index (χ2v) is 4.31. The molecule has 0 radical (unpaired) electrons. The molecule has 1 amide bonds. The van der Waals surface area contributed by atoms with E-state index < -0.39 is 0 Å². The summed E-state index contributed by atoms with van der Waals surface area (Å²) in [5.74, 6) is -0.871. The van der Waals surface area contributed by atoms with Gasteiger partial charge in [0.1, 0.15) is 6.54 Å². The number of aromatic nitrogens is 3. The molecular weight excluding hydrogens is 250 g/mol. The van der Waals surface area contributed by atoms with E-state index in [1.165, 1.54) is 16.7 Å². The zero-order chi connectivity index (χ0) is 14.4. The maximum Gasteiger partial charge on any atom is 0.310 e. The number of hydrogen-bond donors (Lipinski definition) is 1. The molecule has 0 aliphatic heterocycles. The molecule has 0 aromatic carbocycles. The second kappa shape index (κ2) is 6.83. The minimum Gasteiger partial charge on any atom is -0.469 e. The standard InChI is InChI=1S/C11H19N5O3/c1-8(11(18)19-3)5-15(2)10(17)7-16-6-9(4-12)13-14-16/h6,8H,4-5,7,12H2,1-3H3. The number of amides is 1. The van der Waals surface area contributed by atoms with E-state index in [1.807, 2.05) is 0 Å². The van der Waals surface area contributed by atoms with E-state index >= 15 is 0 Å². The molecular formula is C11H19N5O3. The van der Waals surface area contributed by atoms with Crippen LogP contribution in [0, 0.1) is 5.92 Å². The molecule has 0 saturated heterocycles. The monoisotopic (exact) mass is 269 g/mol. The van der Waals surface area contributed by atoms with E-state index in [-0.39, 0.29) is 30.9 Å². The molecule has 1 heterocycles. The normalized spacial score (nSPS) is 12.0. The van der Waals surface area contributed by atoms with Gasteiger partial charge in [-0.15, -0.1) is 5.10 Å². The molecule has 2 N–H and O–H groups in total. The maximum atomic E-state index is 11.9. The molecule has 0 aliphatic carbocycles. The van der Waals surface area contributed by atoms with Crippen LogP contribution >= 0.6 is 0 Å². The van der Waals surface area contributed by atoms with E-state index in [0.717, 1.165) is 0 Å². The summed E-state index contributed by atoms with van der Waals surface area (Å²) in [6, 6.07) is 0. The van der Waals surface area contributed by atoms with Crippen LogP contribution in [0.15, 0.2) is 6.20 Å². The molecule has 19 heavy (non-hydrogen) atoms. The van der Waals surface area contributed by atoms with Crippen molar-refractivity contribution in [2.24, 2.45) is 11.7 Å². The number of nitrogens with zero attached hydrogens (tertiary/aromatic N) is 4. The Morgan fingerprint density at radius 1 is 1.58 bits per heavy atom. The zero-order valence-electron chi connectivity index (χ0n) is 11.4. The summed E-state index contributed by atoms with van der Waals surface area (Å²) in [6.45, 7) is 2.35. The SMILES string of the molecule is COC(=O)C(C)CN(C)C(=O)Cn1cc(CN)nn1. The van der Waals surface area contributed by atoms with Crippen LogP contribution in [0.3, 0.4) is 0 Å². The summed E-state index contributed by atoms with van der Waals surface area (Å²) in [4.78, 5) is 24.6. The highest BCUT2D eigenvalue weighted by Crippen LogP contribution is 2.02. The number of esters is 1. The first-order valence-corrected chi connectivity index (χ1v) is 5.88. The molecule has 1 aromatic heterocycles. The van der Waals surface area contributed by atoms with Gasteiger partial charge in [-0.25, -0.2) is 4.68 Å². The molecule has 0 bridgehead atoms. The molecule has 1 unspecified atom stereocenters. The molecule has 1 atom stereocenters. The first-order chi connectivity index (χ1) is 8.97. The lowest BCUT2D eigenvalue weighted by Crippen LogP contribution is -2.36. The van der Waals surface area contributed by atoms with Crippen molar-refractivity contribution in [3.63, 3.8) is 0 Å². The Morgan fingerprint density at radius 3 is 2.79 bits per heavy atom. The van der Waals surface area contributed by atoms with Gasteiger partial charge in [-0.1, -0.05) is 12.1 Å². The van der Waals surface area contributed by atoms with Gasteiger partial charge in [0, 0.05) is 20.1 Å². The molecule has 0 saturated carbocycles. The summed E-state index contributed by atoms with van der Waals surface area (Å²) >= 11 is 0. The van der Waals surface area contributed by atoms with Crippen LogP contribution in [-0.4, -0.2) is 52.5 Å². The van der Waals surface area contributed by atoms with Crippen molar-refractivity contribution in [3.05, 3.63) is 11.9 Å². The van der Waals surface area contributed by atoms with E-state index in [1.54, 1.807) is 20.2 Å². The van der Waals surface area contributed by atoms with Crippen LogP contribution in [0.5, 0.6) is 0 Å². The largest absolute Gasteiger partial charge is 0.469 e. The number of hydrogen-bond acceptors (Lipinski definition) is 6. The number of methoxy groups -OCH3 is 1. The van der Waals surface area contributed by atoms with Crippen LogP contribution in [0.4, 0.5) is 0 Å². The van der Waals surface area contributed by atoms with E-state index in [2.05, 4.69) is 15.0 Å². The van der Waals surface area contributed by atoms with Gasteiger partial charge in [0.25, 0.3) is 0 Å². The number of nitrogens with two attached hydrogens (primary N) is 1. The lowest BCUT2D eigenvalue weighted by atomic mass is 10.2. The molecule has 8 nitrogen and oxygen atoms in total. The lowest BCUT2D eigenvalue weighted by Gasteiger charge is -2.20. The van der Waals surface area contributed by atoms with Gasteiger partial charge in [0.05, 0.1) is 24.9 Å². The summed E-state index contributed by atoms with van der Waals surface area (Å²) in [5, 5.41) is 7.58. The quantitative estimate of drug-likeness (QED) is 0.665. The van der Waals surface area contributed by atoms with Gasteiger partial charge in [0.2, 0.25) is 5.91 Å². The highest BCUT2D eigenvalue weighted by molar-refractivity contribution is 5.77. The Labute approximate surface area is 111 Å². The smallest absolute Gasteiger partial charge is 0.310 e. The highest BCUT2D eigenvalue weighted by atomic mass is 16.5. The summed E-state index contributed by atoms with van der Waals surface area (Å²) < 4.78 is 6.03. The van der Waals surface area contributed by atoms with Gasteiger partial charge in [0.15, 0.2) is 0 Å². The third-order valence-corrected chi connectivity index (χ3v) is 2.67. The van der Waals surface area contributed by atoms with Crippen LogP contribution in [0.2, 0.25) is 0 Å². The number of carbonyl (C=O) groups excluding carboxylic acids is 2. The molecule has 0 aliphatic rings.